The number of fused-ring (bicyclic) bond motifs is 2. The molecule has 140 valence electrons. The van der Waals surface area contributed by atoms with Gasteiger partial charge in [0.05, 0.1) is 10.8 Å². The molecule has 0 radical (unpaired) electrons. The number of carbonyl (C=O) groups excluding carboxylic acids is 1. The van der Waals surface area contributed by atoms with Crippen LogP contribution in [-0.4, -0.2) is 12.5 Å². The Balaban J connectivity index is 1.56. The van der Waals surface area contributed by atoms with Gasteiger partial charge >= 0.3 is 0 Å². The molecular formula is C21H13F2NO4. The molecule has 4 aromatic rings. The summed E-state index contributed by atoms with van der Waals surface area (Å²) in [6.45, 7) is -0.292. The van der Waals surface area contributed by atoms with Gasteiger partial charge in [-0.2, -0.15) is 0 Å². The van der Waals surface area contributed by atoms with Gasteiger partial charge in [-0.05, 0) is 48.5 Å². The summed E-state index contributed by atoms with van der Waals surface area (Å²) in [5.41, 5.74) is 0.0234. The first kappa shape index (κ1) is 17.7. The molecule has 0 bridgehead atoms. The van der Waals surface area contributed by atoms with Crippen molar-refractivity contribution in [1.29, 1.82) is 0 Å². The van der Waals surface area contributed by atoms with E-state index in [1.54, 1.807) is 6.07 Å². The topological polar surface area (TPSA) is 68.5 Å². The van der Waals surface area contributed by atoms with Crippen molar-refractivity contribution in [2.45, 2.75) is 0 Å². The Labute approximate surface area is 157 Å². The predicted octanol–water partition coefficient (Wildman–Crippen LogP) is 4.24. The fraction of sp³-hybridized carbons (Fsp3) is 0.0476. The monoisotopic (exact) mass is 381 g/mol. The van der Waals surface area contributed by atoms with Crippen LogP contribution in [0.2, 0.25) is 0 Å². The minimum Gasteiger partial charge on any atom is -0.484 e. The lowest BCUT2D eigenvalue weighted by molar-refractivity contribution is -0.118. The average molecular weight is 381 g/mol. The SMILES string of the molecule is O=C(COc1ccc(F)cc1)Nc1ccc2c(=O)c3cccc(F)c3oc2c1. The maximum absolute atomic E-state index is 13.9. The highest BCUT2D eigenvalue weighted by Crippen LogP contribution is 2.23. The number of carbonyl (C=O) groups is 1. The van der Waals surface area contributed by atoms with Gasteiger partial charge < -0.3 is 14.5 Å². The van der Waals surface area contributed by atoms with Gasteiger partial charge in [-0.25, -0.2) is 8.78 Å². The zero-order chi connectivity index (χ0) is 19.7. The molecule has 0 unspecified atom stereocenters. The molecule has 0 aliphatic heterocycles. The number of nitrogens with one attached hydrogen (secondary N) is 1. The van der Waals surface area contributed by atoms with Crippen LogP contribution in [-0.2, 0) is 4.79 Å². The Morgan fingerprint density at radius 1 is 1.00 bits per heavy atom. The van der Waals surface area contributed by atoms with Crippen LogP contribution in [0.3, 0.4) is 0 Å². The van der Waals surface area contributed by atoms with Crippen molar-refractivity contribution in [2.75, 3.05) is 11.9 Å². The van der Waals surface area contributed by atoms with Crippen molar-refractivity contribution >= 4 is 33.5 Å². The third-order valence-corrected chi connectivity index (χ3v) is 4.12. The molecule has 1 N–H and O–H groups in total. The van der Waals surface area contributed by atoms with E-state index in [4.69, 9.17) is 9.15 Å². The van der Waals surface area contributed by atoms with Gasteiger partial charge in [0.2, 0.25) is 5.43 Å². The summed E-state index contributed by atoms with van der Waals surface area (Å²) < 4.78 is 37.6. The molecule has 3 aromatic carbocycles. The number of benzene rings is 3. The van der Waals surface area contributed by atoms with Gasteiger partial charge in [0.15, 0.2) is 18.0 Å². The normalized spacial score (nSPS) is 10.9. The van der Waals surface area contributed by atoms with E-state index in [9.17, 15) is 18.4 Å². The smallest absolute Gasteiger partial charge is 0.262 e. The highest BCUT2D eigenvalue weighted by atomic mass is 19.1. The van der Waals surface area contributed by atoms with Gasteiger partial charge in [0.25, 0.3) is 5.91 Å². The van der Waals surface area contributed by atoms with E-state index in [2.05, 4.69) is 5.32 Å². The minimum atomic E-state index is -0.640. The van der Waals surface area contributed by atoms with E-state index in [1.807, 2.05) is 0 Å². The summed E-state index contributed by atoms with van der Waals surface area (Å²) in [5.74, 6) is -1.15. The summed E-state index contributed by atoms with van der Waals surface area (Å²) >= 11 is 0. The van der Waals surface area contributed by atoms with E-state index < -0.39 is 17.5 Å². The van der Waals surface area contributed by atoms with Crippen molar-refractivity contribution in [3.8, 4) is 5.75 Å². The second-order valence-electron chi connectivity index (χ2n) is 6.05. The Morgan fingerprint density at radius 3 is 2.57 bits per heavy atom. The number of rotatable bonds is 4. The van der Waals surface area contributed by atoms with Crippen molar-refractivity contribution < 1.29 is 22.7 Å². The molecule has 28 heavy (non-hydrogen) atoms. The largest absolute Gasteiger partial charge is 0.484 e. The first-order valence-corrected chi connectivity index (χ1v) is 8.34. The maximum atomic E-state index is 13.9. The average Bonchev–Trinajstić information content (AvgIpc) is 2.68. The highest BCUT2D eigenvalue weighted by molar-refractivity contribution is 5.96. The van der Waals surface area contributed by atoms with E-state index in [0.717, 1.165) is 0 Å². The maximum Gasteiger partial charge on any atom is 0.262 e. The van der Waals surface area contributed by atoms with Crippen molar-refractivity contribution in [1.82, 2.24) is 0 Å². The molecule has 0 saturated carbocycles. The lowest BCUT2D eigenvalue weighted by Crippen LogP contribution is -2.20. The third kappa shape index (κ3) is 3.42. The Morgan fingerprint density at radius 2 is 1.79 bits per heavy atom. The second-order valence-corrected chi connectivity index (χ2v) is 6.05. The molecule has 0 saturated heterocycles. The Bertz CT molecular complexity index is 1250. The molecule has 0 aliphatic carbocycles. The summed E-state index contributed by atoms with van der Waals surface area (Å²) in [7, 11) is 0. The minimum absolute atomic E-state index is 0.136. The highest BCUT2D eigenvalue weighted by Gasteiger charge is 2.12. The van der Waals surface area contributed by atoms with Crippen molar-refractivity contribution in [3.63, 3.8) is 0 Å². The molecule has 1 aromatic heterocycles. The predicted molar refractivity (Wildman–Crippen MR) is 100 cm³/mol. The summed E-state index contributed by atoms with van der Waals surface area (Å²) in [4.78, 5) is 24.6. The molecule has 5 nitrogen and oxygen atoms in total. The number of ether oxygens (including phenoxy) is 1. The Kier molecular flexibility index (Phi) is 4.49. The third-order valence-electron chi connectivity index (χ3n) is 4.12. The van der Waals surface area contributed by atoms with E-state index in [-0.39, 0.29) is 34.0 Å². The zero-order valence-electron chi connectivity index (χ0n) is 14.4. The lowest BCUT2D eigenvalue weighted by Gasteiger charge is -2.08. The second kappa shape index (κ2) is 7.11. The number of para-hydroxylation sites is 1. The zero-order valence-corrected chi connectivity index (χ0v) is 14.4. The van der Waals surface area contributed by atoms with Gasteiger partial charge in [0, 0.05) is 11.8 Å². The van der Waals surface area contributed by atoms with Gasteiger partial charge in [0.1, 0.15) is 17.1 Å². The number of halogens is 2. The fourth-order valence-corrected chi connectivity index (χ4v) is 2.80. The number of amides is 1. The van der Waals surface area contributed by atoms with Gasteiger partial charge in [-0.3, -0.25) is 9.59 Å². The molecule has 0 spiro atoms. The van der Waals surface area contributed by atoms with Gasteiger partial charge in [-0.15, -0.1) is 0 Å². The lowest BCUT2D eigenvalue weighted by atomic mass is 10.1. The van der Waals surface area contributed by atoms with E-state index >= 15 is 0 Å². The number of hydrogen-bond donors (Lipinski definition) is 1. The molecule has 1 heterocycles. The summed E-state index contributed by atoms with van der Waals surface area (Å²) in [5, 5.41) is 3.03. The van der Waals surface area contributed by atoms with Crippen LogP contribution in [0.5, 0.6) is 5.75 Å². The van der Waals surface area contributed by atoms with Crippen molar-refractivity contribution in [3.05, 3.63) is 82.5 Å². The molecule has 0 fully saturated rings. The summed E-state index contributed by atoms with van der Waals surface area (Å²) in [6, 6.07) is 13.9. The number of anilines is 1. The van der Waals surface area contributed by atoms with Gasteiger partial charge in [-0.1, -0.05) is 6.07 Å². The van der Waals surface area contributed by atoms with Crippen LogP contribution in [0.1, 0.15) is 0 Å². The molecule has 1 amide bonds. The molecule has 0 atom stereocenters. The van der Waals surface area contributed by atoms with E-state index in [0.29, 0.717) is 11.4 Å². The fourth-order valence-electron chi connectivity index (χ4n) is 2.80. The van der Waals surface area contributed by atoms with Crippen LogP contribution < -0.4 is 15.5 Å². The molecule has 0 aliphatic rings. The van der Waals surface area contributed by atoms with Crippen molar-refractivity contribution in [2.24, 2.45) is 0 Å². The first-order valence-electron chi connectivity index (χ1n) is 8.34. The Hall–Kier alpha value is -3.74. The number of hydrogen-bond acceptors (Lipinski definition) is 4. The molecular weight excluding hydrogens is 368 g/mol. The quantitative estimate of drug-likeness (QED) is 0.537. The molecule has 4 rings (SSSR count). The van der Waals surface area contributed by atoms with Crippen LogP contribution in [0.15, 0.2) is 69.9 Å². The van der Waals surface area contributed by atoms with Crippen LogP contribution in [0, 0.1) is 11.6 Å². The van der Waals surface area contributed by atoms with Crippen LogP contribution in [0.4, 0.5) is 14.5 Å². The summed E-state index contributed by atoms with van der Waals surface area (Å²) in [6.07, 6.45) is 0. The van der Waals surface area contributed by atoms with E-state index in [1.165, 1.54) is 54.6 Å². The molecule has 7 heteroatoms. The van der Waals surface area contributed by atoms with Crippen LogP contribution in [0.25, 0.3) is 21.9 Å². The first-order chi connectivity index (χ1) is 13.5. The van der Waals surface area contributed by atoms with Crippen LogP contribution >= 0.6 is 0 Å². The standard InChI is InChI=1S/C21H13F2NO4/c22-12-4-7-14(8-5-12)27-11-19(25)24-13-6-9-15-18(10-13)28-21-16(20(15)26)2-1-3-17(21)23/h1-10H,11H2,(H,24,25).